The van der Waals surface area contributed by atoms with E-state index < -0.39 is 5.97 Å². The van der Waals surface area contributed by atoms with Gasteiger partial charge in [-0.2, -0.15) is 0 Å². The fraction of sp³-hybridized carbons (Fsp3) is 0.192. The third kappa shape index (κ3) is 6.93. The average molecular weight is 447 g/mol. The smallest absolute Gasteiger partial charge is 0.338 e. The van der Waals surface area contributed by atoms with Crippen LogP contribution in [0.4, 0.5) is 5.69 Å². The summed E-state index contributed by atoms with van der Waals surface area (Å²) >= 11 is 0. The molecule has 0 spiro atoms. The van der Waals surface area contributed by atoms with Gasteiger partial charge in [0.2, 0.25) is 0 Å². The molecule has 33 heavy (non-hydrogen) atoms. The normalized spacial score (nSPS) is 10.2. The summed E-state index contributed by atoms with van der Waals surface area (Å²) in [6.07, 6.45) is 0.885. The first-order chi connectivity index (χ1) is 16.0. The van der Waals surface area contributed by atoms with Gasteiger partial charge in [0, 0.05) is 17.3 Å². The lowest BCUT2D eigenvalue weighted by atomic mass is 10.1. The first-order valence-electron chi connectivity index (χ1n) is 10.4. The van der Waals surface area contributed by atoms with Crippen molar-refractivity contribution in [3.8, 4) is 11.5 Å². The highest BCUT2D eigenvalue weighted by Gasteiger charge is 2.12. The number of ketones is 1. The molecule has 3 aromatic carbocycles. The van der Waals surface area contributed by atoms with E-state index in [1.807, 2.05) is 19.1 Å². The predicted octanol–water partition coefficient (Wildman–Crippen LogP) is 4.31. The first-order valence-corrected chi connectivity index (χ1v) is 10.4. The zero-order valence-corrected chi connectivity index (χ0v) is 18.5. The Labute approximate surface area is 192 Å². The topological polar surface area (TPSA) is 90.9 Å². The van der Waals surface area contributed by atoms with Crippen LogP contribution in [0.1, 0.15) is 33.2 Å². The largest absolute Gasteiger partial charge is 0.497 e. The maximum absolute atomic E-state index is 12.2. The number of nitrogens with one attached hydrogen (secondary N) is 1. The molecule has 3 aromatic rings. The van der Waals surface area contributed by atoms with Gasteiger partial charge in [-0.25, -0.2) is 4.79 Å². The molecule has 0 aliphatic rings. The number of hydrogen-bond donors (Lipinski definition) is 1. The van der Waals surface area contributed by atoms with Gasteiger partial charge < -0.3 is 19.5 Å². The van der Waals surface area contributed by atoms with Crippen LogP contribution in [0.25, 0.3) is 0 Å². The molecule has 7 heteroatoms. The van der Waals surface area contributed by atoms with Gasteiger partial charge in [-0.1, -0.05) is 37.3 Å². The fourth-order valence-corrected chi connectivity index (χ4v) is 2.96. The van der Waals surface area contributed by atoms with E-state index in [1.54, 1.807) is 55.6 Å². The quantitative estimate of drug-likeness (QED) is 0.368. The Hall–Kier alpha value is -4.13. The molecule has 0 saturated heterocycles. The Kier molecular flexibility index (Phi) is 8.18. The molecule has 0 aromatic heterocycles. The van der Waals surface area contributed by atoms with Crippen LogP contribution in [0.5, 0.6) is 11.5 Å². The highest BCUT2D eigenvalue weighted by atomic mass is 16.5. The second-order valence-electron chi connectivity index (χ2n) is 7.14. The standard InChI is InChI=1S/C26H25NO6/c1-3-18-7-9-19(10-8-18)24(28)16-33-26(30)20-11-13-22(14-12-20)32-17-25(29)27-21-5-4-6-23(15-21)31-2/h4-15H,3,16-17H2,1-2H3,(H,27,29). The van der Waals surface area contributed by atoms with Crippen LogP contribution < -0.4 is 14.8 Å². The Morgan fingerprint density at radius 3 is 2.18 bits per heavy atom. The first kappa shape index (κ1) is 23.5. The third-order valence-electron chi connectivity index (χ3n) is 4.83. The van der Waals surface area contributed by atoms with Crippen LogP contribution in [-0.2, 0) is 16.0 Å². The minimum absolute atomic E-state index is 0.202. The van der Waals surface area contributed by atoms with Gasteiger partial charge in [-0.3, -0.25) is 9.59 Å². The van der Waals surface area contributed by atoms with Crippen molar-refractivity contribution in [3.05, 3.63) is 89.5 Å². The van der Waals surface area contributed by atoms with E-state index in [9.17, 15) is 14.4 Å². The third-order valence-corrected chi connectivity index (χ3v) is 4.83. The predicted molar refractivity (Wildman–Crippen MR) is 124 cm³/mol. The molecule has 0 aliphatic heterocycles. The molecule has 0 fully saturated rings. The molecule has 7 nitrogen and oxygen atoms in total. The molecule has 1 N–H and O–H groups in total. The number of carbonyl (C=O) groups is 3. The van der Waals surface area contributed by atoms with Gasteiger partial charge in [0.1, 0.15) is 11.5 Å². The number of esters is 1. The van der Waals surface area contributed by atoms with E-state index in [4.69, 9.17) is 14.2 Å². The molecule has 1 amide bonds. The lowest BCUT2D eigenvalue weighted by Gasteiger charge is -2.09. The Morgan fingerprint density at radius 2 is 1.52 bits per heavy atom. The SMILES string of the molecule is CCc1ccc(C(=O)COC(=O)c2ccc(OCC(=O)Nc3cccc(OC)c3)cc2)cc1. The zero-order valence-electron chi connectivity index (χ0n) is 18.5. The number of benzene rings is 3. The molecule has 0 saturated carbocycles. The molecule has 0 bridgehead atoms. The molecule has 170 valence electrons. The van der Waals surface area contributed by atoms with Gasteiger partial charge in [-0.05, 0) is 48.4 Å². The molecule has 0 radical (unpaired) electrons. The van der Waals surface area contributed by atoms with Crippen molar-refractivity contribution >= 4 is 23.3 Å². The minimum Gasteiger partial charge on any atom is -0.497 e. The maximum Gasteiger partial charge on any atom is 0.338 e. The number of rotatable bonds is 10. The van der Waals surface area contributed by atoms with E-state index in [2.05, 4.69) is 5.32 Å². The maximum atomic E-state index is 12.2. The summed E-state index contributed by atoms with van der Waals surface area (Å²) in [6, 6.07) is 20.3. The fourth-order valence-electron chi connectivity index (χ4n) is 2.96. The second kappa shape index (κ2) is 11.5. The van der Waals surface area contributed by atoms with Crippen molar-refractivity contribution in [3.63, 3.8) is 0 Å². The Morgan fingerprint density at radius 1 is 0.818 bits per heavy atom. The van der Waals surface area contributed by atoms with Gasteiger partial charge in [0.05, 0.1) is 12.7 Å². The van der Waals surface area contributed by atoms with E-state index in [0.29, 0.717) is 22.7 Å². The molecule has 0 heterocycles. The van der Waals surface area contributed by atoms with E-state index in [0.717, 1.165) is 12.0 Å². The summed E-state index contributed by atoms with van der Waals surface area (Å²) in [7, 11) is 1.55. The molecule has 3 rings (SSSR count). The van der Waals surface area contributed by atoms with Gasteiger partial charge in [0.15, 0.2) is 19.0 Å². The van der Waals surface area contributed by atoms with Gasteiger partial charge >= 0.3 is 5.97 Å². The monoisotopic (exact) mass is 447 g/mol. The van der Waals surface area contributed by atoms with Crippen molar-refractivity contribution in [2.45, 2.75) is 13.3 Å². The number of hydrogen-bond acceptors (Lipinski definition) is 6. The van der Waals surface area contributed by atoms with Crippen molar-refractivity contribution in [2.24, 2.45) is 0 Å². The minimum atomic E-state index is -0.615. The van der Waals surface area contributed by atoms with Gasteiger partial charge in [0.25, 0.3) is 5.91 Å². The van der Waals surface area contributed by atoms with E-state index in [-0.39, 0.29) is 30.5 Å². The van der Waals surface area contributed by atoms with Crippen LogP contribution in [-0.4, -0.2) is 38.0 Å². The summed E-state index contributed by atoms with van der Waals surface area (Å²) in [5, 5.41) is 2.71. The number of anilines is 1. The van der Waals surface area contributed by atoms with Crippen LogP contribution >= 0.6 is 0 Å². The highest BCUT2D eigenvalue weighted by molar-refractivity contribution is 5.99. The number of amides is 1. The number of Topliss-reactive ketones (excluding diaryl/α,β-unsaturated/α-hetero) is 1. The number of aryl methyl sites for hydroxylation is 1. The summed E-state index contributed by atoms with van der Waals surface area (Å²) < 4.78 is 15.7. The lowest BCUT2D eigenvalue weighted by Crippen LogP contribution is -2.20. The van der Waals surface area contributed by atoms with Crippen molar-refractivity contribution in [1.29, 1.82) is 0 Å². The summed E-state index contributed by atoms with van der Waals surface area (Å²) in [6.45, 7) is 1.49. The summed E-state index contributed by atoms with van der Waals surface area (Å²) in [5.74, 6) is -0.173. The van der Waals surface area contributed by atoms with Crippen molar-refractivity contribution in [1.82, 2.24) is 0 Å². The zero-order chi connectivity index (χ0) is 23.6. The summed E-state index contributed by atoms with van der Waals surface area (Å²) in [4.78, 5) is 36.5. The average Bonchev–Trinajstić information content (AvgIpc) is 2.86. The molecule has 0 atom stereocenters. The van der Waals surface area contributed by atoms with E-state index in [1.165, 1.54) is 12.1 Å². The van der Waals surface area contributed by atoms with Crippen LogP contribution in [0.3, 0.4) is 0 Å². The number of methoxy groups -OCH3 is 1. The Bertz CT molecular complexity index is 1110. The summed E-state index contributed by atoms with van der Waals surface area (Å²) in [5.41, 5.74) is 2.49. The van der Waals surface area contributed by atoms with Crippen LogP contribution in [0.2, 0.25) is 0 Å². The molecular formula is C26H25NO6. The number of carbonyl (C=O) groups excluding carboxylic acids is 3. The molecule has 0 aliphatic carbocycles. The van der Waals surface area contributed by atoms with Gasteiger partial charge in [-0.15, -0.1) is 0 Å². The van der Waals surface area contributed by atoms with Crippen molar-refractivity contribution < 1.29 is 28.6 Å². The van der Waals surface area contributed by atoms with E-state index >= 15 is 0 Å². The second-order valence-corrected chi connectivity index (χ2v) is 7.14. The van der Waals surface area contributed by atoms with Crippen molar-refractivity contribution in [2.75, 3.05) is 25.6 Å². The molecule has 0 unspecified atom stereocenters. The van der Waals surface area contributed by atoms with Crippen LogP contribution in [0.15, 0.2) is 72.8 Å². The van der Waals surface area contributed by atoms with Crippen LogP contribution in [0, 0.1) is 0 Å². The number of ether oxygens (including phenoxy) is 3. The Balaban J connectivity index is 1.46. The highest BCUT2D eigenvalue weighted by Crippen LogP contribution is 2.17. The lowest BCUT2D eigenvalue weighted by molar-refractivity contribution is -0.118. The molecular weight excluding hydrogens is 422 g/mol.